The topological polar surface area (TPSA) is 26.3 Å². The average molecular weight is 247 g/mol. The van der Waals surface area contributed by atoms with E-state index in [9.17, 15) is 4.79 Å². The first-order valence-electron chi connectivity index (χ1n) is 4.69. The fourth-order valence-electron chi connectivity index (χ4n) is 1.11. The number of benzene rings is 1. The van der Waals surface area contributed by atoms with Crippen LogP contribution < -0.4 is 4.74 Å². The SMILES string of the molecule is CCCOc1c(Cl)cc(C(C)=O)cc1Cl. The second-order valence-corrected chi connectivity index (χ2v) is 3.99. The molecule has 0 aromatic heterocycles. The number of carbonyl (C=O) groups is 1. The Morgan fingerprint density at radius 1 is 1.33 bits per heavy atom. The lowest BCUT2D eigenvalue weighted by Crippen LogP contribution is -1.99. The molecule has 4 heteroatoms. The molecule has 0 saturated heterocycles. The van der Waals surface area contributed by atoms with Gasteiger partial charge in [0.25, 0.3) is 0 Å². The highest BCUT2D eigenvalue weighted by atomic mass is 35.5. The van der Waals surface area contributed by atoms with Crippen LogP contribution in [0.1, 0.15) is 30.6 Å². The quantitative estimate of drug-likeness (QED) is 0.752. The third kappa shape index (κ3) is 3.11. The molecule has 2 nitrogen and oxygen atoms in total. The van der Waals surface area contributed by atoms with Crippen LogP contribution in [0.25, 0.3) is 0 Å². The van der Waals surface area contributed by atoms with Gasteiger partial charge in [0.2, 0.25) is 0 Å². The fourth-order valence-corrected chi connectivity index (χ4v) is 1.70. The Morgan fingerprint density at radius 2 is 1.87 bits per heavy atom. The van der Waals surface area contributed by atoms with Gasteiger partial charge in [-0.25, -0.2) is 0 Å². The third-order valence-electron chi connectivity index (χ3n) is 1.86. The van der Waals surface area contributed by atoms with Crippen LogP contribution in [0.4, 0.5) is 0 Å². The van der Waals surface area contributed by atoms with E-state index in [1.54, 1.807) is 12.1 Å². The zero-order chi connectivity index (χ0) is 11.4. The molecule has 0 radical (unpaired) electrons. The highest BCUT2D eigenvalue weighted by Crippen LogP contribution is 2.34. The van der Waals surface area contributed by atoms with Crippen molar-refractivity contribution in [3.8, 4) is 5.75 Å². The monoisotopic (exact) mass is 246 g/mol. The highest BCUT2D eigenvalue weighted by Gasteiger charge is 2.11. The van der Waals surface area contributed by atoms with Crippen molar-refractivity contribution >= 4 is 29.0 Å². The molecule has 15 heavy (non-hydrogen) atoms. The van der Waals surface area contributed by atoms with Gasteiger partial charge in [-0.2, -0.15) is 0 Å². The molecule has 1 aromatic carbocycles. The Morgan fingerprint density at radius 3 is 2.27 bits per heavy atom. The molecule has 0 N–H and O–H groups in total. The molecule has 0 atom stereocenters. The van der Waals surface area contributed by atoms with Gasteiger partial charge in [-0.3, -0.25) is 4.79 Å². The Labute approximate surface area is 99.1 Å². The molecule has 0 spiro atoms. The summed E-state index contributed by atoms with van der Waals surface area (Å²) in [4.78, 5) is 11.1. The zero-order valence-corrected chi connectivity index (χ0v) is 10.2. The van der Waals surface area contributed by atoms with Crippen molar-refractivity contribution in [2.24, 2.45) is 0 Å². The van der Waals surface area contributed by atoms with Crippen LogP contribution in [0.2, 0.25) is 10.0 Å². The average Bonchev–Trinajstić information content (AvgIpc) is 2.16. The van der Waals surface area contributed by atoms with Crippen molar-refractivity contribution in [1.29, 1.82) is 0 Å². The number of ether oxygens (including phenoxy) is 1. The van der Waals surface area contributed by atoms with E-state index in [0.29, 0.717) is 28.0 Å². The Balaban J connectivity index is 3.04. The summed E-state index contributed by atoms with van der Waals surface area (Å²) in [7, 11) is 0. The van der Waals surface area contributed by atoms with Crippen LogP contribution in [0.15, 0.2) is 12.1 Å². The normalized spacial score (nSPS) is 10.1. The van der Waals surface area contributed by atoms with Gasteiger partial charge in [0.1, 0.15) is 0 Å². The minimum absolute atomic E-state index is 0.0687. The molecule has 0 unspecified atom stereocenters. The minimum Gasteiger partial charge on any atom is -0.490 e. The van der Waals surface area contributed by atoms with Crippen LogP contribution in [-0.4, -0.2) is 12.4 Å². The molecule has 0 amide bonds. The second kappa shape index (κ2) is 5.38. The smallest absolute Gasteiger partial charge is 0.159 e. The fraction of sp³-hybridized carbons (Fsp3) is 0.364. The zero-order valence-electron chi connectivity index (χ0n) is 8.64. The van der Waals surface area contributed by atoms with E-state index >= 15 is 0 Å². The number of halogens is 2. The van der Waals surface area contributed by atoms with Crippen molar-refractivity contribution in [2.75, 3.05) is 6.61 Å². The number of hydrogen-bond donors (Lipinski definition) is 0. The molecule has 0 heterocycles. The van der Waals surface area contributed by atoms with Crippen molar-refractivity contribution in [2.45, 2.75) is 20.3 Å². The van der Waals surface area contributed by atoms with Gasteiger partial charge in [-0.15, -0.1) is 0 Å². The molecule has 0 saturated carbocycles. The van der Waals surface area contributed by atoms with Crippen LogP contribution in [0.3, 0.4) is 0 Å². The summed E-state index contributed by atoms with van der Waals surface area (Å²) in [6, 6.07) is 3.14. The maximum Gasteiger partial charge on any atom is 0.159 e. The summed E-state index contributed by atoms with van der Waals surface area (Å²) in [6.45, 7) is 4.01. The van der Waals surface area contributed by atoms with Crippen LogP contribution in [0, 0.1) is 0 Å². The summed E-state index contributed by atoms with van der Waals surface area (Å²) < 4.78 is 5.38. The van der Waals surface area contributed by atoms with E-state index in [1.165, 1.54) is 6.92 Å². The summed E-state index contributed by atoms with van der Waals surface area (Å²) in [5.41, 5.74) is 0.494. The van der Waals surface area contributed by atoms with Gasteiger partial charge < -0.3 is 4.74 Å². The highest BCUT2D eigenvalue weighted by molar-refractivity contribution is 6.37. The molecule has 1 aromatic rings. The lowest BCUT2D eigenvalue weighted by molar-refractivity contribution is 0.101. The summed E-state index contributed by atoms with van der Waals surface area (Å²) in [5, 5.41) is 0.752. The molecule has 0 aliphatic rings. The van der Waals surface area contributed by atoms with Crippen molar-refractivity contribution < 1.29 is 9.53 Å². The largest absolute Gasteiger partial charge is 0.490 e. The number of rotatable bonds is 4. The minimum atomic E-state index is -0.0687. The van der Waals surface area contributed by atoms with Crippen molar-refractivity contribution in [3.63, 3.8) is 0 Å². The summed E-state index contributed by atoms with van der Waals surface area (Å²) >= 11 is 11.9. The standard InChI is InChI=1S/C11H12Cl2O2/c1-3-4-15-11-9(12)5-8(7(2)14)6-10(11)13/h5-6H,3-4H2,1-2H3. The van der Waals surface area contributed by atoms with Gasteiger partial charge in [0.05, 0.1) is 16.7 Å². The van der Waals surface area contributed by atoms with Gasteiger partial charge in [0.15, 0.2) is 11.5 Å². The molecule has 0 fully saturated rings. The van der Waals surface area contributed by atoms with Crippen molar-refractivity contribution in [1.82, 2.24) is 0 Å². The first kappa shape index (κ1) is 12.3. The van der Waals surface area contributed by atoms with E-state index in [1.807, 2.05) is 6.92 Å². The molecular weight excluding hydrogens is 235 g/mol. The maximum atomic E-state index is 11.1. The first-order chi connectivity index (χ1) is 7.06. The van der Waals surface area contributed by atoms with Gasteiger partial charge in [-0.1, -0.05) is 30.1 Å². The molecule has 82 valence electrons. The Bertz CT molecular complexity index is 352. The van der Waals surface area contributed by atoms with Crippen LogP contribution in [-0.2, 0) is 0 Å². The summed E-state index contributed by atoms with van der Waals surface area (Å²) in [5.74, 6) is 0.381. The number of hydrogen-bond acceptors (Lipinski definition) is 2. The number of ketones is 1. The van der Waals surface area contributed by atoms with Gasteiger partial charge in [0, 0.05) is 5.56 Å². The predicted octanol–water partition coefficient (Wildman–Crippen LogP) is 3.98. The number of Topliss-reactive ketones (excluding diaryl/α,β-unsaturated/α-hetero) is 1. The van der Waals surface area contributed by atoms with E-state index < -0.39 is 0 Å². The van der Waals surface area contributed by atoms with Crippen molar-refractivity contribution in [3.05, 3.63) is 27.7 Å². The van der Waals surface area contributed by atoms with Crippen LogP contribution >= 0.6 is 23.2 Å². The maximum absolute atomic E-state index is 11.1. The van der Waals surface area contributed by atoms with Gasteiger partial charge in [-0.05, 0) is 25.5 Å². The summed E-state index contributed by atoms with van der Waals surface area (Å²) in [6.07, 6.45) is 0.876. The first-order valence-corrected chi connectivity index (χ1v) is 5.44. The lowest BCUT2D eigenvalue weighted by Gasteiger charge is -2.09. The third-order valence-corrected chi connectivity index (χ3v) is 2.42. The Hall–Kier alpha value is -0.730. The van der Waals surface area contributed by atoms with E-state index in [4.69, 9.17) is 27.9 Å². The van der Waals surface area contributed by atoms with E-state index in [2.05, 4.69) is 0 Å². The molecule has 1 rings (SSSR count). The van der Waals surface area contributed by atoms with E-state index in [-0.39, 0.29) is 5.78 Å². The number of carbonyl (C=O) groups excluding carboxylic acids is 1. The molecule has 0 bridgehead atoms. The Kier molecular flexibility index (Phi) is 4.43. The van der Waals surface area contributed by atoms with E-state index in [0.717, 1.165) is 6.42 Å². The molecular formula is C11H12Cl2O2. The van der Waals surface area contributed by atoms with Crippen LogP contribution in [0.5, 0.6) is 5.75 Å². The van der Waals surface area contributed by atoms with Gasteiger partial charge >= 0.3 is 0 Å². The molecule has 0 aliphatic carbocycles. The second-order valence-electron chi connectivity index (χ2n) is 3.17. The molecule has 0 aliphatic heterocycles. The predicted molar refractivity (Wildman–Crippen MR) is 62.3 cm³/mol. The lowest BCUT2D eigenvalue weighted by atomic mass is 10.1.